The summed E-state index contributed by atoms with van der Waals surface area (Å²) in [5.74, 6) is -0.118. The quantitative estimate of drug-likeness (QED) is 0.790. The number of benzene rings is 1. The van der Waals surface area contributed by atoms with Crippen LogP contribution in [0.1, 0.15) is 37.7 Å². The molecule has 1 aromatic carbocycles. The Morgan fingerprint density at radius 2 is 1.78 bits per heavy atom. The molecule has 0 bridgehead atoms. The molecule has 1 unspecified atom stereocenters. The molecule has 0 spiro atoms. The summed E-state index contributed by atoms with van der Waals surface area (Å²) in [5, 5.41) is -0.778. The Hall–Kier alpha value is -1.16. The Bertz CT molecular complexity index is 505. The van der Waals surface area contributed by atoms with Gasteiger partial charge in [-0.25, -0.2) is 8.42 Å². The van der Waals surface area contributed by atoms with E-state index >= 15 is 0 Å². The molecule has 4 heteroatoms. The zero-order valence-electron chi connectivity index (χ0n) is 10.3. The molecule has 18 heavy (non-hydrogen) atoms. The van der Waals surface area contributed by atoms with Crippen molar-refractivity contribution in [2.24, 2.45) is 0 Å². The van der Waals surface area contributed by atoms with Crippen molar-refractivity contribution in [1.29, 1.82) is 0 Å². The monoisotopic (exact) mass is 266 g/mol. The molecule has 1 fully saturated rings. The molecule has 1 aliphatic rings. The Kier molecular flexibility index (Phi) is 4.17. The zero-order chi connectivity index (χ0) is 13.0. The van der Waals surface area contributed by atoms with Crippen LogP contribution in [0.3, 0.4) is 0 Å². The van der Waals surface area contributed by atoms with Gasteiger partial charge in [-0.15, -0.1) is 0 Å². The summed E-state index contributed by atoms with van der Waals surface area (Å²) in [6.45, 7) is 0. The highest BCUT2D eigenvalue weighted by molar-refractivity contribution is 7.92. The minimum atomic E-state index is -3.36. The van der Waals surface area contributed by atoms with E-state index in [1.54, 1.807) is 12.1 Å². The lowest BCUT2D eigenvalue weighted by Gasteiger charge is -2.14. The largest absolute Gasteiger partial charge is 0.298 e. The van der Waals surface area contributed by atoms with E-state index in [1.807, 2.05) is 18.2 Å². The standard InChI is InChI=1S/C14H18O3S/c15-13-9-5-2-6-10-14(13)18(16,17)11-12-7-3-1-4-8-12/h1,3-4,7-8,14H,2,5-6,9-11H2. The first-order valence-electron chi connectivity index (χ1n) is 6.38. The summed E-state index contributed by atoms with van der Waals surface area (Å²) in [5.41, 5.74) is 0.759. The Morgan fingerprint density at radius 3 is 2.50 bits per heavy atom. The van der Waals surface area contributed by atoms with Crippen molar-refractivity contribution < 1.29 is 13.2 Å². The molecule has 0 heterocycles. The summed E-state index contributed by atoms with van der Waals surface area (Å²) >= 11 is 0. The van der Waals surface area contributed by atoms with Crippen molar-refractivity contribution in [2.45, 2.75) is 43.1 Å². The van der Waals surface area contributed by atoms with Gasteiger partial charge in [-0.05, 0) is 18.4 Å². The maximum atomic E-state index is 12.3. The van der Waals surface area contributed by atoms with Gasteiger partial charge < -0.3 is 0 Å². The van der Waals surface area contributed by atoms with Crippen LogP contribution in [0.2, 0.25) is 0 Å². The van der Waals surface area contributed by atoms with Crippen LogP contribution >= 0.6 is 0 Å². The first-order chi connectivity index (χ1) is 8.59. The molecule has 98 valence electrons. The normalized spacial score (nSPS) is 21.6. The van der Waals surface area contributed by atoms with E-state index in [9.17, 15) is 13.2 Å². The topological polar surface area (TPSA) is 51.2 Å². The number of hydrogen-bond donors (Lipinski definition) is 0. The van der Waals surface area contributed by atoms with Gasteiger partial charge in [0.05, 0.1) is 5.75 Å². The Morgan fingerprint density at radius 1 is 1.06 bits per heavy atom. The number of carbonyl (C=O) groups is 1. The van der Waals surface area contributed by atoms with Crippen molar-refractivity contribution >= 4 is 15.6 Å². The van der Waals surface area contributed by atoms with Gasteiger partial charge in [-0.3, -0.25) is 4.79 Å². The molecule has 0 aliphatic heterocycles. The zero-order valence-corrected chi connectivity index (χ0v) is 11.2. The van der Waals surface area contributed by atoms with E-state index in [2.05, 4.69) is 0 Å². The number of carbonyl (C=O) groups excluding carboxylic acids is 1. The van der Waals surface area contributed by atoms with Crippen molar-refractivity contribution in [3.8, 4) is 0 Å². The van der Waals surface area contributed by atoms with E-state index < -0.39 is 15.1 Å². The summed E-state index contributed by atoms with van der Waals surface area (Å²) < 4.78 is 24.6. The third kappa shape index (κ3) is 3.19. The van der Waals surface area contributed by atoms with E-state index in [1.165, 1.54) is 0 Å². The highest BCUT2D eigenvalue weighted by Crippen LogP contribution is 2.23. The van der Waals surface area contributed by atoms with Gasteiger partial charge >= 0.3 is 0 Å². The number of rotatable bonds is 3. The third-order valence-electron chi connectivity index (χ3n) is 3.39. The van der Waals surface area contributed by atoms with Crippen LogP contribution in [0.25, 0.3) is 0 Å². The van der Waals surface area contributed by atoms with Gasteiger partial charge in [0.2, 0.25) is 0 Å². The second-order valence-electron chi connectivity index (χ2n) is 4.85. The van der Waals surface area contributed by atoms with Crippen LogP contribution in [0.15, 0.2) is 30.3 Å². The Balaban J connectivity index is 2.17. The van der Waals surface area contributed by atoms with Crippen molar-refractivity contribution in [1.82, 2.24) is 0 Å². The molecule has 1 saturated carbocycles. The van der Waals surface area contributed by atoms with Crippen LogP contribution in [0, 0.1) is 0 Å². The second-order valence-corrected chi connectivity index (χ2v) is 7.03. The highest BCUT2D eigenvalue weighted by Gasteiger charge is 2.32. The van der Waals surface area contributed by atoms with Gasteiger partial charge in [0, 0.05) is 6.42 Å². The molecule has 0 radical (unpaired) electrons. The van der Waals surface area contributed by atoms with Gasteiger partial charge in [-0.2, -0.15) is 0 Å². The van der Waals surface area contributed by atoms with Crippen LogP contribution < -0.4 is 0 Å². The predicted molar refractivity (Wildman–Crippen MR) is 70.9 cm³/mol. The first-order valence-corrected chi connectivity index (χ1v) is 8.09. The predicted octanol–water partition coefficient (Wildman–Crippen LogP) is 2.50. The molecule has 2 rings (SSSR count). The average molecular weight is 266 g/mol. The minimum Gasteiger partial charge on any atom is -0.298 e. The van der Waals surface area contributed by atoms with Gasteiger partial charge in [0.1, 0.15) is 5.25 Å². The van der Waals surface area contributed by atoms with Crippen molar-refractivity contribution in [3.63, 3.8) is 0 Å². The highest BCUT2D eigenvalue weighted by atomic mass is 32.2. The number of ketones is 1. The van der Waals surface area contributed by atoms with Gasteiger partial charge in [0.15, 0.2) is 15.6 Å². The van der Waals surface area contributed by atoms with Gasteiger partial charge in [-0.1, -0.05) is 43.2 Å². The summed E-state index contributed by atoms with van der Waals surface area (Å²) in [4.78, 5) is 11.9. The number of sulfone groups is 1. The smallest absolute Gasteiger partial charge is 0.164 e. The van der Waals surface area contributed by atoms with Crippen LogP contribution in [0.5, 0.6) is 0 Å². The molecular formula is C14H18O3S. The molecule has 1 atom stereocenters. The fourth-order valence-corrected chi connectivity index (χ4v) is 4.32. The van der Waals surface area contributed by atoms with Crippen LogP contribution in [-0.2, 0) is 20.4 Å². The summed E-state index contributed by atoms with van der Waals surface area (Å²) in [6.07, 6.45) is 3.54. The molecule has 3 nitrogen and oxygen atoms in total. The fourth-order valence-electron chi connectivity index (χ4n) is 2.41. The average Bonchev–Trinajstić information content (AvgIpc) is 2.55. The molecular weight excluding hydrogens is 248 g/mol. The van der Waals surface area contributed by atoms with Crippen molar-refractivity contribution in [3.05, 3.63) is 35.9 Å². The van der Waals surface area contributed by atoms with Crippen molar-refractivity contribution in [2.75, 3.05) is 0 Å². The van der Waals surface area contributed by atoms with Crippen LogP contribution in [0.4, 0.5) is 0 Å². The Labute approximate surface area is 108 Å². The van der Waals surface area contributed by atoms with E-state index in [0.29, 0.717) is 12.8 Å². The fraction of sp³-hybridized carbons (Fsp3) is 0.500. The second kappa shape index (κ2) is 5.65. The maximum Gasteiger partial charge on any atom is 0.164 e. The molecule has 0 saturated heterocycles. The van der Waals surface area contributed by atoms with E-state index in [4.69, 9.17) is 0 Å². The van der Waals surface area contributed by atoms with Crippen LogP contribution in [-0.4, -0.2) is 19.5 Å². The number of Topliss-reactive ketones (excluding diaryl/α,β-unsaturated/α-hetero) is 1. The first kappa shape index (κ1) is 13.3. The van der Waals surface area contributed by atoms with Gasteiger partial charge in [0.25, 0.3) is 0 Å². The lowest BCUT2D eigenvalue weighted by atomic mass is 10.2. The molecule has 0 aromatic heterocycles. The molecule has 1 aromatic rings. The maximum absolute atomic E-state index is 12.3. The summed E-state index contributed by atoms with van der Waals surface area (Å²) in [6, 6.07) is 9.07. The van der Waals surface area contributed by atoms with E-state index in [0.717, 1.165) is 24.8 Å². The minimum absolute atomic E-state index is 0.0236. The molecule has 0 amide bonds. The lowest BCUT2D eigenvalue weighted by molar-refractivity contribution is -0.118. The molecule has 1 aliphatic carbocycles. The summed E-state index contributed by atoms with van der Waals surface area (Å²) in [7, 11) is -3.36. The third-order valence-corrected chi connectivity index (χ3v) is 5.49. The number of hydrogen-bond acceptors (Lipinski definition) is 3. The molecule has 0 N–H and O–H groups in total. The SMILES string of the molecule is O=C1CCCCCC1S(=O)(=O)Cc1ccccc1. The lowest BCUT2D eigenvalue weighted by Crippen LogP contribution is -2.30. The van der Waals surface area contributed by atoms with E-state index in [-0.39, 0.29) is 11.5 Å².